The van der Waals surface area contributed by atoms with Gasteiger partial charge in [-0.15, -0.1) is 0 Å². The quantitative estimate of drug-likeness (QED) is 0.820. The summed E-state index contributed by atoms with van der Waals surface area (Å²) in [6, 6.07) is 5.73. The van der Waals surface area contributed by atoms with Gasteiger partial charge in [0.1, 0.15) is 11.9 Å². The van der Waals surface area contributed by atoms with Gasteiger partial charge >= 0.3 is 0 Å². The fourth-order valence-electron chi connectivity index (χ4n) is 2.50. The first kappa shape index (κ1) is 16.9. The third-order valence-corrected chi connectivity index (χ3v) is 3.85. The lowest BCUT2D eigenvalue weighted by Crippen LogP contribution is -2.46. The molecule has 2 unspecified atom stereocenters. The highest BCUT2D eigenvalue weighted by Crippen LogP contribution is 2.23. The van der Waals surface area contributed by atoms with E-state index in [0.29, 0.717) is 45.0 Å². The van der Waals surface area contributed by atoms with Crippen molar-refractivity contribution in [3.63, 3.8) is 0 Å². The average Bonchev–Trinajstić information content (AvgIpc) is 2.54. The van der Waals surface area contributed by atoms with Crippen LogP contribution in [0.4, 0.5) is 4.39 Å². The smallest absolute Gasteiger partial charge is 0.241 e. The minimum absolute atomic E-state index is 0.118. The Labute approximate surface area is 130 Å². The molecule has 0 aliphatic carbocycles. The molecule has 2 rings (SSSR count). The van der Waals surface area contributed by atoms with Gasteiger partial charge in [0.05, 0.1) is 13.2 Å². The van der Waals surface area contributed by atoms with Crippen LogP contribution in [0.25, 0.3) is 0 Å². The van der Waals surface area contributed by atoms with Gasteiger partial charge in [0.2, 0.25) is 5.91 Å². The highest BCUT2D eigenvalue weighted by molar-refractivity contribution is 5.83. The Bertz CT molecular complexity index is 492. The lowest BCUT2D eigenvalue weighted by molar-refractivity contribution is -0.128. The van der Waals surface area contributed by atoms with Crippen LogP contribution >= 0.6 is 0 Å². The maximum atomic E-state index is 13.5. The Kier molecular flexibility index (Phi) is 6.30. The number of ether oxygens (including phenoxy) is 1. The van der Waals surface area contributed by atoms with Gasteiger partial charge < -0.3 is 15.8 Å². The first-order valence-corrected chi connectivity index (χ1v) is 7.67. The van der Waals surface area contributed by atoms with Crippen molar-refractivity contribution in [2.45, 2.75) is 13.0 Å². The van der Waals surface area contributed by atoms with Crippen molar-refractivity contribution in [2.24, 2.45) is 11.7 Å². The zero-order valence-electron chi connectivity index (χ0n) is 12.9. The Morgan fingerprint density at radius 3 is 2.82 bits per heavy atom. The molecule has 0 saturated carbocycles. The number of rotatable bonds is 6. The van der Waals surface area contributed by atoms with E-state index in [2.05, 4.69) is 5.32 Å². The Hall–Kier alpha value is -1.50. The molecule has 0 radical (unpaired) electrons. The Morgan fingerprint density at radius 2 is 2.18 bits per heavy atom. The summed E-state index contributed by atoms with van der Waals surface area (Å²) in [7, 11) is 0. The molecule has 0 aromatic heterocycles. The van der Waals surface area contributed by atoms with Crippen molar-refractivity contribution in [2.75, 3.05) is 39.4 Å². The average molecular weight is 309 g/mol. The van der Waals surface area contributed by atoms with E-state index >= 15 is 0 Å². The van der Waals surface area contributed by atoms with Crippen LogP contribution in [-0.4, -0.2) is 50.2 Å². The number of nitrogens with two attached hydrogens (primary N) is 1. The molecule has 2 atom stereocenters. The SMILES string of the molecule is CC(CN)CNC(=O)C(c1cccc(F)c1)N1CCOCC1. The molecule has 6 heteroatoms. The second kappa shape index (κ2) is 8.22. The van der Waals surface area contributed by atoms with E-state index in [0.717, 1.165) is 0 Å². The van der Waals surface area contributed by atoms with Crippen molar-refractivity contribution in [1.82, 2.24) is 10.2 Å². The van der Waals surface area contributed by atoms with Gasteiger partial charge in [-0.05, 0) is 30.2 Å². The van der Waals surface area contributed by atoms with Crippen LogP contribution in [0.5, 0.6) is 0 Å². The fourth-order valence-corrected chi connectivity index (χ4v) is 2.50. The second-order valence-corrected chi connectivity index (χ2v) is 5.69. The topological polar surface area (TPSA) is 67.6 Å². The predicted molar refractivity (Wildman–Crippen MR) is 82.8 cm³/mol. The van der Waals surface area contributed by atoms with E-state index in [1.54, 1.807) is 12.1 Å². The van der Waals surface area contributed by atoms with Crippen LogP contribution in [0.1, 0.15) is 18.5 Å². The molecule has 3 N–H and O–H groups in total. The van der Waals surface area contributed by atoms with E-state index in [9.17, 15) is 9.18 Å². The van der Waals surface area contributed by atoms with Crippen LogP contribution in [0.15, 0.2) is 24.3 Å². The van der Waals surface area contributed by atoms with Crippen LogP contribution in [0, 0.1) is 11.7 Å². The van der Waals surface area contributed by atoms with Crippen LogP contribution in [-0.2, 0) is 9.53 Å². The van der Waals surface area contributed by atoms with Gasteiger partial charge in [-0.2, -0.15) is 0 Å². The van der Waals surface area contributed by atoms with Gasteiger partial charge in [0, 0.05) is 19.6 Å². The predicted octanol–water partition coefficient (Wildman–Crippen LogP) is 0.910. The number of carbonyl (C=O) groups is 1. The first-order chi connectivity index (χ1) is 10.6. The van der Waals surface area contributed by atoms with E-state index < -0.39 is 6.04 Å². The molecular weight excluding hydrogens is 285 g/mol. The van der Waals surface area contributed by atoms with Gasteiger partial charge in [-0.25, -0.2) is 4.39 Å². The van der Waals surface area contributed by atoms with Crippen molar-refractivity contribution < 1.29 is 13.9 Å². The maximum Gasteiger partial charge on any atom is 0.241 e. The molecule has 5 nitrogen and oxygen atoms in total. The summed E-state index contributed by atoms with van der Waals surface area (Å²) in [5, 5.41) is 2.92. The van der Waals surface area contributed by atoms with E-state index in [-0.39, 0.29) is 17.6 Å². The molecule has 1 aromatic rings. The number of amides is 1. The molecule has 0 spiro atoms. The number of halogens is 1. The molecule has 0 bridgehead atoms. The zero-order valence-corrected chi connectivity index (χ0v) is 12.9. The third kappa shape index (κ3) is 4.50. The summed E-state index contributed by atoms with van der Waals surface area (Å²) in [5.41, 5.74) is 6.25. The summed E-state index contributed by atoms with van der Waals surface area (Å²) >= 11 is 0. The van der Waals surface area contributed by atoms with Gasteiger partial charge in [-0.3, -0.25) is 9.69 Å². The summed E-state index contributed by atoms with van der Waals surface area (Å²) < 4.78 is 18.9. The summed E-state index contributed by atoms with van der Waals surface area (Å²) in [6.07, 6.45) is 0. The van der Waals surface area contributed by atoms with Gasteiger partial charge in [0.25, 0.3) is 0 Å². The maximum absolute atomic E-state index is 13.5. The second-order valence-electron chi connectivity index (χ2n) is 5.69. The molecule has 1 aliphatic rings. The highest BCUT2D eigenvalue weighted by atomic mass is 19.1. The number of hydrogen-bond donors (Lipinski definition) is 2. The Balaban J connectivity index is 2.15. The number of benzene rings is 1. The highest BCUT2D eigenvalue weighted by Gasteiger charge is 2.29. The van der Waals surface area contributed by atoms with E-state index in [1.165, 1.54) is 12.1 Å². The largest absolute Gasteiger partial charge is 0.379 e. The van der Waals surface area contributed by atoms with Crippen molar-refractivity contribution in [3.8, 4) is 0 Å². The van der Waals surface area contributed by atoms with Crippen LogP contribution in [0.3, 0.4) is 0 Å². The summed E-state index contributed by atoms with van der Waals surface area (Å²) in [5.74, 6) is -0.242. The van der Waals surface area contributed by atoms with E-state index in [4.69, 9.17) is 10.5 Å². The minimum atomic E-state index is -0.496. The summed E-state index contributed by atoms with van der Waals surface area (Å²) in [6.45, 7) is 5.48. The Morgan fingerprint density at radius 1 is 1.45 bits per heavy atom. The zero-order chi connectivity index (χ0) is 15.9. The van der Waals surface area contributed by atoms with E-state index in [1.807, 2.05) is 11.8 Å². The van der Waals surface area contributed by atoms with Crippen molar-refractivity contribution in [3.05, 3.63) is 35.6 Å². The molecule has 122 valence electrons. The number of nitrogens with zero attached hydrogens (tertiary/aromatic N) is 1. The van der Waals surface area contributed by atoms with Crippen LogP contribution in [0.2, 0.25) is 0 Å². The molecule has 1 amide bonds. The number of nitrogens with one attached hydrogen (secondary N) is 1. The minimum Gasteiger partial charge on any atom is -0.379 e. The lowest BCUT2D eigenvalue weighted by atomic mass is 10.0. The van der Waals surface area contributed by atoms with Crippen LogP contribution < -0.4 is 11.1 Å². The van der Waals surface area contributed by atoms with Gasteiger partial charge in [-0.1, -0.05) is 19.1 Å². The normalized spacial score (nSPS) is 18.7. The molecule has 1 aliphatic heterocycles. The molecule has 1 aromatic carbocycles. The van der Waals surface area contributed by atoms with Gasteiger partial charge in [0.15, 0.2) is 0 Å². The number of hydrogen-bond acceptors (Lipinski definition) is 4. The summed E-state index contributed by atoms with van der Waals surface area (Å²) in [4.78, 5) is 14.6. The number of morpholine rings is 1. The van der Waals surface area contributed by atoms with Crippen molar-refractivity contribution in [1.29, 1.82) is 0 Å². The lowest BCUT2D eigenvalue weighted by Gasteiger charge is -2.34. The molecule has 1 heterocycles. The van der Waals surface area contributed by atoms with Crippen molar-refractivity contribution >= 4 is 5.91 Å². The fraction of sp³-hybridized carbons (Fsp3) is 0.562. The molecule has 22 heavy (non-hydrogen) atoms. The number of carbonyl (C=O) groups excluding carboxylic acids is 1. The molecule has 1 fully saturated rings. The molecular formula is C16H24FN3O2. The monoisotopic (exact) mass is 309 g/mol. The molecule has 1 saturated heterocycles. The third-order valence-electron chi connectivity index (χ3n) is 3.85. The first-order valence-electron chi connectivity index (χ1n) is 7.67. The standard InChI is InChI=1S/C16H24FN3O2/c1-12(10-18)11-19-16(21)15(20-5-7-22-8-6-20)13-3-2-4-14(17)9-13/h2-4,9,12,15H,5-8,10-11,18H2,1H3,(H,19,21).